The van der Waals surface area contributed by atoms with Gasteiger partial charge in [-0.15, -0.1) is 11.3 Å². The number of carbonyl (C=O) groups excluding carboxylic acids is 3. The standard InChI is InChI=1S/C51H55N11O6S/c52-23-37-43-39(69-46(37)53)4-2-14-51(43)13-1-3-36-44(59-68-45(36)51)47-57-41(22-42(58-47)67-34-24-54-29-55-25-34)66-28-50(15-16-50)27-60-17-11-33(12-18-60)61-19-9-30(10-20-61)31-5-6-35-32(21-31)26-62(49(35)65)38-7-8-40(63)56-48(38)64/h5-6,21-22,24-25,29-30,33,38H,1-4,7-20,26-28,53H2,(H,56,63,64)/t38?,51-/m0/s1. The van der Waals surface area contributed by atoms with Gasteiger partial charge in [-0.3, -0.25) is 19.7 Å². The number of benzene rings is 1. The first kappa shape index (κ1) is 44.0. The summed E-state index contributed by atoms with van der Waals surface area (Å²) in [5.74, 6) is 1.95. The highest BCUT2D eigenvalue weighted by Crippen LogP contribution is 2.55. The van der Waals surface area contributed by atoms with Crippen molar-refractivity contribution in [2.45, 2.75) is 120 Å². The SMILES string of the molecule is N#Cc1c(N)sc2c1[C@@]1(CCC2)CCCc2c(-c3nc(OCC4(CN5CCC(N6CCC(c7ccc8c(c7)CN(C7CCC(=O)NC7=O)C8=O)CC6)CC5)CC4)cc(Oc4cncnc4)n3)noc21. The number of nitrogen functional groups attached to an aromatic ring is 1. The first-order valence-corrected chi connectivity index (χ1v) is 25.5. The molecule has 17 nitrogen and oxygen atoms in total. The summed E-state index contributed by atoms with van der Waals surface area (Å²) in [6.07, 6.45) is 17.1. The number of piperidine rings is 3. The molecule has 4 fully saturated rings. The lowest BCUT2D eigenvalue weighted by atomic mass is 9.63. The van der Waals surface area contributed by atoms with Crippen LogP contribution in [-0.4, -0.2) is 109 Å². The van der Waals surface area contributed by atoms with Crippen LogP contribution in [0, 0.1) is 16.7 Å². The van der Waals surface area contributed by atoms with Crippen molar-refractivity contribution < 1.29 is 28.4 Å². The molecule has 3 aliphatic carbocycles. The maximum Gasteiger partial charge on any atom is 0.255 e. The van der Waals surface area contributed by atoms with Crippen LogP contribution in [0.5, 0.6) is 17.5 Å². The molecule has 3 saturated heterocycles. The number of nitrogens with zero attached hydrogens (tertiary/aromatic N) is 9. The second kappa shape index (κ2) is 17.6. The third-order valence-corrected chi connectivity index (χ3v) is 17.3. The van der Waals surface area contributed by atoms with Crippen molar-refractivity contribution in [1.82, 2.24) is 45.1 Å². The minimum absolute atomic E-state index is 0.0446. The number of hydrogen-bond donors (Lipinski definition) is 2. The van der Waals surface area contributed by atoms with E-state index in [4.69, 9.17) is 29.7 Å². The molecule has 12 rings (SSSR count). The molecule has 1 unspecified atom stereocenters. The Hall–Kier alpha value is -6.29. The largest absolute Gasteiger partial charge is 0.477 e. The second-order valence-corrected chi connectivity index (χ2v) is 21.5. The zero-order valence-corrected chi connectivity index (χ0v) is 39.4. The van der Waals surface area contributed by atoms with Crippen molar-refractivity contribution >= 4 is 34.1 Å². The number of fused-ring (bicyclic) bond motifs is 5. The van der Waals surface area contributed by atoms with Gasteiger partial charge in [-0.2, -0.15) is 15.2 Å². The Kier molecular flexibility index (Phi) is 11.2. The Morgan fingerprint density at radius 3 is 2.48 bits per heavy atom. The number of anilines is 1. The molecule has 0 bridgehead atoms. The number of aryl methyl sites for hydroxylation is 1. The van der Waals surface area contributed by atoms with Crippen LogP contribution < -0.4 is 20.5 Å². The number of carbonyl (C=O) groups is 3. The number of nitriles is 1. The van der Waals surface area contributed by atoms with Crippen molar-refractivity contribution in [1.29, 1.82) is 5.26 Å². The number of aromatic nitrogens is 5. The van der Waals surface area contributed by atoms with E-state index in [-0.39, 0.29) is 29.6 Å². The summed E-state index contributed by atoms with van der Waals surface area (Å²) in [5.41, 5.74) is 12.0. The minimum Gasteiger partial charge on any atom is -0.477 e. The number of thiophene rings is 1. The van der Waals surface area contributed by atoms with Gasteiger partial charge in [0.1, 0.15) is 23.4 Å². The quantitative estimate of drug-likeness (QED) is 0.136. The molecule has 4 aromatic heterocycles. The summed E-state index contributed by atoms with van der Waals surface area (Å²) >= 11 is 1.53. The molecule has 18 heteroatoms. The number of hydrogen-bond acceptors (Lipinski definition) is 16. The Morgan fingerprint density at radius 1 is 0.928 bits per heavy atom. The molecule has 1 spiro atoms. The molecular formula is C51H55N11O6S. The van der Waals surface area contributed by atoms with E-state index >= 15 is 0 Å². The van der Waals surface area contributed by atoms with Gasteiger partial charge in [0.05, 0.1) is 36.0 Å². The van der Waals surface area contributed by atoms with E-state index in [1.54, 1.807) is 23.4 Å². The lowest BCUT2D eigenvalue weighted by Gasteiger charge is -2.42. The third-order valence-electron chi connectivity index (χ3n) is 16.2. The molecule has 1 saturated carbocycles. The predicted octanol–water partition coefficient (Wildman–Crippen LogP) is 6.45. The zero-order valence-electron chi connectivity index (χ0n) is 38.6. The van der Waals surface area contributed by atoms with Gasteiger partial charge in [-0.05, 0) is 138 Å². The molecule has 0 radical (unpaired) electrons. The summed E-state index contributed by atoms with van der Waals surface area (Å²) in [7, 11) is 0. The van der Waals surface area contributed by atoms with Crippen molar-refractivity contribution in [3.8, 4) is 35.1 Å². The van der Waals surface area contributed by atoms with Gasteiger partial charge >= 0.3 is 0 Å². The molecular weight excluding hydrogens is 895 g/mol. The molecule has 8 heterocycles. The number of nitrogens with one attached hydrogen (secondary N) is 1. The van der Waals surface area contributed by atoms with E-state index in [0.29, 0.717) is 76.7 Å². The summed E-state index contributed by atoms with van der Waals surface area (Å²) in [6, 6.07) is 10.3. The van der Waals surface area contributed by atoms with Gasteiger partial charge in [0.2, 0.25) is 23.6 Å². The molecule has 7 aliphatic rings. The van der Waals surface area contributed by atoms with Gasteiger partial charge in [-0.25, -0.2) is 9.97 Å². The van der Waals surface area contributed by atoms with Crippen LogP contribution >= 0.6 is 11.3 Å². The lowest BCUT2D eigenvalue weighted by Crippen LogP contribution is -2.52. The van der Waals surface area contributed by atoms with Crippen LogP contribution in [-0.2, 0) is 34.4 Å². The highest BCUT2D eigenvalue weighted by atomic mass is 32.1. The molecule has 4 aliphatic heterocycles. The predicted molar refractivity (Wildman–Crippen MR) is 252 cm³/mol. The van der Waals surface area contributed by atoms with Crippen LogP contribution in [0.15, 0.2) is 47.5 Å². The highest BCUT2D eigenvalue weighted by molar-refractivity contribution is 7.16. The fraction of sp³-hybridized carbons (Fsp3) is 0.510. The topological polar surface area (TPSA) is 219 Å². The van der Waals surface area contributed by atoms with E-state index < -0.39 is 11.5 Å². The number of imide groups is 1. The number of likely N-dealkylation sites (tertiary alicyclic amines) is 2. The molecule has 356 valence electrons. The normalized spacial score (nSPS) is 23.8. The van der Waals surface area contributed by atoms with E-state index in [2.05, 4.69) is 48.4 Å². The van der Waals surface area contributed by atoms with Gasteiger partial charge in [0, 0.05) is 47.0 Å². The Balaban J connectivity index is 0.682. The maximum atomic E-state index is 13.3. The molecule has 5 aromatic rings. The van der Waals surface area contributed by atoms with Crippen molar-refractivity contribution in [3.63, 3.8) is 0 Å². The van der Waals surface area contributed by atoms with Crippen molar-refractivity contribution in [3.05, 3.63) is 87.0 Å². The summed E-state index contributed by atoms with van der Waals surface area (Å²) in [5, 5.41) is 17.8. The first-order chi connectivity index (χ1) is 33.7. The Morgan fingerprint density at radius 2 is 1.71 bits per heavy atom. The number of rotatable bonds is 11. The fourth-order valence-corrected chi connectivity index (χ4v) is 13.6. The highest BCUT2D eigenvalue weighted by Gasteiger charge is 2.50. The van der Waals surface area contributed by atoms with E-state index in [1.807, 2.05) is 6.07 Å². The van der Waals surface area contributed by atoms with Crippen molar-refractivity contribution in [2.75, 3.05) is 45.1 Å². The van der Waals surface area contributed by atoms with Gasteiger partial charge in [0.15, 0.2) is 23.0 Å². The summed E-state index contributed by atoms with van der Waals surface area (Å²) in [6.45, 7) is 6.13. The Labute approximate surface area is 403 Å². The van der Waals surface area contributed by atoms with Crippen LogP contribution in [0.1, 0.15) is 132 Å². The third kappa shape index (κ3) is 8.11. The van der Waals surface area contributed by atoms with Crippen LogP contribution in [0.3, 0.4) is 0 Å². The van der Waals surface area contributed by atoms with E-state index in [1.165, 1.54) is 28.1 Å². The number of amides is 3. The summed E-state index contributed by atoms with van der Waals surface area (Å²) in [4.78, 5) is 63.7. The molecule has 1 aromatic carbocycles. The van der Waals surface area contributed by atoms with Gasteiger partial charge < -0.3 is 34.4 Å². The molecule has 2 atom stereocenters. The number of ether oxygens (including phenoxy) is 2. The molecule has 69 heavy (non-hydrogen) atoms. The van der Waals surface area contributed by atoms with E-state index in [9.17, 15) is 19.6 Å². The summed E-state index contributed by atoms with van der Waals surface area (Å²) < 4.78 is 19.1. The second-order valence-electron chi connectivity index (χ2n) is 20.3. The smallest absolute Gasteiger partial charge is 0.255 e. The Bertz CT molecular complexity index is 2870. The van der Waals surface area contributed by atoms with Gasteiger partial charge in [-0.1, -0.05) is 17.3 Å². The number of nitrogens with two attached hydrogens (primary N) is 1. The zero-order chi connectivity index (χ0) is 46.9. The van der Waals surface area contributed by atoms with E-state index in [0.717, 1.165) is 132 Å². The minimum atomic E-state index is -0.597. The fourth-order valence-electron chi connectivity index (χ4n) is 12.4. The molecule has 3 amide bonds. The lowest BCUT2D eigenvalue weighted by molar-refractivity contribution is -0.136. The average Bonchev–Trinajstić information content (AvgIpc) is 3.65. The van der Waals surface area contributed by atoms with Crippen LogP contribution in [0.25, 0.3) is 11.5 Å². The average molecular weight is 950 g/mol. The first-order valence-electron chi connectivity index (χ1n) is 24.7. The van der Waals surface area contributed by atoms with Crippen LogP contribution in [0.2, 0.25) is 0 Å². The maximum absolute atomic E-state index is 13.3. The molecule has 3 N–H and O–H groups in total. The van der Waals surface area contributed by atoms with Crippen molar-refractivity contribution in [2.24, 2.45) is 5.41 Å². The monoisotopic (exact) mass is 949 g/mol. The van der Waals surface area contributed by atoms with Crippen LogP contribution in [0.4, 0.5) is 5.00 Å². The van der Waals surface area contributed by atoms with Gasteiger partial charge in [0.25, 0.3) is 5.91 Å².